The fourth-order valence-electron chi connectivity index (χ4n) is 2.39. The lowest BCUT2D eigenvalue weighted by molar-refractivity contribution is -0.163. The normalized spacial score (nSPS) is 13.9. The zero-order valence-corrected chi connectivity index (χ0v) is 16.0. The van der Waals surface area contributed by atoms with Crippen LogP contribution in [-0.2, 0) is 23.9 Å². The number of Topliss-reactive ketones (excluding diaryl/α,β-unsaturated/α-hetero) is 1. The Balaban J connectivity index is 5.02. The van der Waals surface area contributed by atoms with Gasteiger partial charge in [-0.2, -0.15) is 0 Å². The van der Waals surface area contributed by atoms with Gasteiger partial charge in [0.15, 0.2) is 5.78 Å². The van der Waals surface area contributed by atoms with Gasteiger partial charge in [-0.25, -0.2) is 0 Å². The number of esters is 2. The second kappa shape index (κ2) is 7.93. The summed E-state index contributed by atoms with van der Waals surface area (Å²) >= 11 is 0. The zero-order chi connectivity index (χ0) is 18.6. The molecule has 0 heterocycles. The highest BCUT2D eigenvalue weighted by Gasteiger charge is 2.43. The van der Waals surface area contributed by atoms with E-state index in [1.807, 2.05) is 0 Å². The number of ketones is 1. The Labute approximate surface area is 140 Å². The molecule has 1 atom stereocenters. The van der Waals surface area contributed by atoms with E-state index >= 15 is 0 Å². The summed E-state index contributed by atoms with van der Waals surface area (Å²) in [5.74, 6) is -1.56. The molecule has 0 amide bonds. The van der Waals surface area contributed by atoms with Crippen LogP contribution in [0.5, 0.6) is 0 Å². The largest absolute Gasteiger partial charge is 0.463 e. The summed E-state index contributed by atoms with van der Waals surface area (Å²) in [6.45, 7) is 15.4. The Morgan fingerprint density at radius 1 is 0.783 bits per heavy atom. The van der Waals surface area contributed by atoms with Crippen LogP contribution in [0.1, 0.15) is 68.7 Å². The molecular formula is C18H32O5. The maximum absolute atomic E-state index is 12.7. The van der Waals surface area contributed by atoms with Crippen LogP contribution in [0.2, 0.25) is 0 Å². The quantitative estimate of drug-likeness (QED) is 0.503. The van der Waals surface area contributed by atoms with Gasteiger partial charge >= 0.3 is 11.9 Å². The van der Waals surface area contributed by atoms with Crippen molar-refractivity contribution in [2.24, 2.45) is 16.7 Å². The van der Waals surface area contributed by atoms with Gasteiger partial charge in [-0.05, 0) is 61.8 Å². The summed E-state index contributed by atoms with van der Waals surface area (Å²) in [6, 6.07) is 0. The molecule has 0 bridgehead atoms. The third kappa shape index (κ3) is 6.32. The first-order valence-electron chi connectivity index (χ1n) is 8.18. The number of carbonyl (C=O) groups is 3. The van der Waals surface area contributed by atoms with Gasteiger partial charge in [0.1, 0.15) is 5.41 Å². The molecule has 0 saturated heterocycles. The monoisotopic (exact) mass is 328 g/mol. The van der Waals surface area contributed by atoms with Gasteiger partial charge < -0.3 is 9.47 Å². The Morgan fingerprint density at radius 2 is 1.17 bits per heavy atom. The van der Waals surface area contributed by atoms with Crippen molar-refractivity contribution in [3.8, 4) is 0 Å². The smallest absolute Gasteiger partial charge is 0.319 e. The van der Waals surface area contributed by atoms with Crippen LogP contribution in [0.25, 0.3) is 0 Å². The molecule has 0 aromatic heterocycles. The van der Waals surface area contributed by atoms with Crippen molar-refractivity contribution in [2.75, 3.05) is 0 Å². The minimum atomic E-state index is -1.23. The lowest BCUT2D eigenvalue weighted by Crippen LogP contribution is -2.41. The Kier molecular flexibility index (Phi) is 7.45. The molecule has 0 aromatic rings. The average molecular weight is 328 g/mol. The molecule has 5 nitrogen and oxygen atoms in total. The molecule has 0 spiro atoms. The maximum Gasteiger partial charge on any atom is 0.319 e. The van der Waals surface area contributed by atoms with Crippen molar-refractivity contribution >= 4 is 17.7 Å². The maximum atomic E-state index is 12.7. The Bertz CT molecular complexity index is 446. The fraction of sp³-hybridized carbons (Fsp3) is 0.833. The highest BCUT2D eigenvalue weighted by molar-refractivity contribution is 6.04. The summed E-state index contributed by atoms with van der Waals surface area (Å²) in [5, 5.41) is 0. The summed E-state index contributed by atoms with van der Waals surface area (Å²) in [4.78, 5) is 36.9. The number of carbonyl (C=O) groups excluding carboxylic acids is 3. The number of hydrogen-bond donors (Lipinski definition) is 0. The second-order valence-electron chi connectivity index (χ2n) is 7.89. The van der Waals surface area contributed by atoms with E-state index in [9.17, 15) is 14.4 Å². The van der Waals surface area contributed by atoms with E-state index in [0.29, 0.717) is 6.42 Å². The number of hydrogen-bond acceptors (Lipinski definition) is 5. The topological polar surface area (TPSA) is 69.7 Å². The van der Waals surface area contributed by atoms with Gasteiger partial charge in [0.25, 0.3) is 0 Å². The van der Waals surface area contributed by atoms with E-state index in [0.717, 1.165) is 0 Å². The van der Waals surface area contributed by atoms with Crippen LogP contribution >= 0.6 is 0 Å². The predicted octanol–water partition coefficient (Wildman–Crippen LogP) is 3.54. The van der Waals surface area contributed by atoms with Gasteiger partial charge in [-0.15, -0.1) is 0 Å². The second-order valence-corrected chi connectivity index (χ2v) is 7.89. The highest BCUT2D eigenvalue weighted by atomic mass is 16.5. The van der Waals surface area contributed by atoms with E-state index in [2.05, 4.69) is 0 Å². The van der Waals surface area contributed by atoms with E-state index in [1.165, 1.54) is 0 Å². The number of rotatable bonds is 8. The van der Waals surface area contributed by atoms with Crippen molar-refractivity contribution in [2.45, 2.75) is 80.9 Å². The van der Waals surface area contributed by atoms with Crippen molar-refractivity contribution in [1.82, 2.24) is 0 Å². The predicted molar refractivity (Wildman–Crippen MR) is 88.8 cm³/mol. The van der Waals surface area contributed by atoms with Crippen molar-refractivity contribution in [3.05, 3.63) is 0 Å². The van der Waals surface area contributed by atoms with Gasteiger partial charge in [0.2, 0.25) is 0 Å². The van der Waals surface area contributed by atoms with Crippen molar-refractivity contribution in [1.29, 1.82) is 0 Å². The molecule has 1 unspecified atom stereocenters. The van der Waals surface area contributed by atoms with Gasteiger partial charge in [-0.1, -0.05) is 6.92 Å². The minimum Gasteiger partial charge on any atom is -0.463 e. The molecule has 0 radical (unpaired) electrons. The van der Waals surface area contributed by atoms with Crippen LogP contribution in [0.15, 0.2) is 0 Å². The molecule has 0 aromatic carbocycles. The van der Waals surface area contributed by atoms with Gasteiger partial charge in [0, 0.05) is 5.92 Å². The molecule has 0 N–H and O–H groups in total. The Hall–Kier alpha value is -1.39. The third-order valence-electron chi connectivity index (χ3n) is 3.63. The van der Waals surface area contributed by atoms with Gasteiger partial charge in [0.05, 0.1) is 17.6 Å². The average Bonchev–Trinajstić information content (AvgIpc) is 2.35. The van der Waals surface area contributed by atoms with Crippen LogP contribution in [0, 0.1) is 16.7 Å². The van der Waals surface area contributed by atoms with Crippen LogP contribution in [0.4, 0.5) is 0 Å². The third-order valence-corrected chi connectivity index (χ3v) is 3.63. The van der Waals surface area contributed by atoms with Gasteiger partial charge in [-0.3, -0.25) is 14.4 Å². The molecule has 0 rings (SSSR count). The van der Waals surface area contributed by atoms with Crippen LogP contribution in [-0.4, -0.2) is 29.9 Å². The first kappa shape index (κ1) is 21.6. The van der Waals surface area contributed by atoms with Crippen LogP contribution in [0.3, 0.4) is 0 Å². The molecule has 0 saturated carbocycles. The van der Waals surface area contributed by atoms with Crippen LogP contribution < -0.4 is 0 Å². The van der Waals surface area contributed by atoms with E-state index in [4.69, 9.17) is 9.47 Å². The molecule has 5 heteroatoms. The first-order valence-corrected chi connectivity index (χ1v) is 8.18. The Morgan fingerprint density at radius 3 is 1.57 bits per heavy atom. The highest BCUT2D eigenvalue weighted by Crippen LogP contribution is 2.33. The zero-order valence-electron chi connectivity index (χ0n) is 16.0. The van der Waals surface area contributed by atoms with Crippen molar-refractivity contribution < 1.29 is 23.9 Å². The summed E-state index contributed by atoms with van der Waals surface area (Å²) < 4.78 is 10.4. The lowest BCUT2D eigenvalue weighted by atomic mass is 9.75. The molecule has 134 valence electrons. The SMILES string of the molecule is CC(C)OC(=O)C(C)(C)CC(C)C(=O)C(C)(C)C(=O)OC(C)C. The summed E-state index contributed by atoms with van der Waals surface area (Å²) in [6.07, 6.45) is -0.164. The molecule has 0 aliphatic carbocycles. The summed E-state index contributed by atoms with van der Waals surface area (Å²) in [5.41, 5.74) is -2.03. The molecular weight excluding hydrogens is 296 g/mol. The summed E-state index contributed by atoms with van der Waals surface area (Å²) in [7, 11) is 0. The first-order chi connectivity index (χ1) is 10.2. The fourth-order valence-corrected chi connectivity index (χ4v) is 2.39. The minimum absolute atomic E-state index is 0.203. The lowest BCUT2D eigenvalue weighted by Gasteiger charge is -2.30. The van der Waals surface area contributed by atoms with Crippen molar-refractivity contribution in [3.63, 3.8) is 0 Å². The molecule has 0 fully saturated rings. The van der Waals surface area contributed by atoms with E-state index < -0.39 is 22.7 Å². The molecule has 0 aliphatic heterocycles. The number of ether oxygens (including phenoxy) is 2. The van der Waals surface area contributed by atoms with E-state index in [-0.39, 0.29) is 24.0 Å². The molecule has 0 aliphatic rings. The standard InChI is InChI=1S/C18H32O5/c1-11(2)22-15(20)17(6,7)10-13(5)14(19)18(8,9)16(21)23-12(3)4/h11-13H,10H2,1-9H3. The molecule has 23 heavy (non-hydrogen) atoms. The van der Waals surface area contributed by atoms with E-state index in [1.54, 1.807) is 62.3 Å².